The van der Waals surface area contributed by atoms with Crippen molar-refractivity contribution in [2.45, 2.75) is 25.9 Å². The average molecular weight is 270 g/mol. The van der Waals surface area contributed by atoms with E-state index in [1.807, 2.05) is 17.8 Å². The molecule has 0 spiro atoms. The summed E-state index contributed by atoms with van der Waals surface area (Å²) in [6.45, 7) is 2.88. The molecule has 1 heterocycles. The number of thioether (sulfide) groups is 1. The highest BCUT2D eigenvalue weighted by Crippen LogP contribution is 2.28. The van der Waals surface area contributed by atoms with Crippen LogP contribution in [-0.2, 0) is 6.54 Å². The van der Waals surface area contributed by atoms with Crippen LogP contribution >= 0.6 is 11.8 Å². The van der Waals surface area contributed by atoms with Crippen molar-refractivity contribution in [1.29, 1.82) is 0 Å². The standard InChI is InChI=1S/C13H22N2O2S/c1-5-10(9-18-4)15-8-11-13(17-3)12(16-2)6-7-14-11/h6-7,10,15H,5,8-9H2,1-4H3. The third kappa shape index (κ3) is 4.07. The molecule has 1 unspecified atom stereocenters. The molecule has 0 saturated heterocycles. The van der Waals surface area contributed by atoms with E-state index in [4.69, 9.17) is 9.47 Å². The minimum atomic E-state index is 0.498. The molecule has 0 radical (unpaired) electrons. The number of ether oxygens (including phenoxy) is 2. The lowest BCUT2D eigenvalue weighted by Gasteiger charge is -2.17. The Morgan fingerprint density at radius 2 is 2.17 bits per heavy atom. The summed E-state index contributed by atoms with van der Waals surface area (Å²) in [4.78, 5) is 4.35. The van der Waals surface area contributed by atoms with Gasteiger partial charge < -0.3 is 14.8 Å². The molecule has 18 heavy (non-hydrogen) atoms. The van der Waals surface area contributed by atoms with Gasteiger partial charge in [-0.05, 0) is 12.7 Å². The van der Waals surface area contributed by atoms with Gasteiger partial charge in [0, 0.05) is 30.6 Å². The van der Waals surface area contributed by atoms with Crippen molar-refractivity contribution in [3.8, 4) is 11.5 Å². The summed E-state index contributed by atoms with van der Waals surface area (Å²) in [7, 11) is 3.28. The highest BCUT2D eigenvalue weighted by atomic mass is 32.2. The summed E-state index contributed by atoms with van der Waals surface area (Å²) >= 11 is 1.85. The van der Waals surface area contributed by atoms with Crippen LogP contribution in [0.25, 0.3) is 0 Å². The Morgan fingerprint density at radius 3 is 2.72 bits per heavy atom. The van der Waals surface area contributed by atoms with E-state index in [0.717, 1.165) is 23.6 Å². The third-order valence-electron chi connectivity index (χ3n) is 2.79. The first-order valence-corrected chi connectivity index (χ1v) is 7.44. The van der Waals surface area contributed by atoms with Crippen LogP contribution < -0.4 is 14.8 Å². The Labute approximate surface area is 113 Å². The number of nitrogens with zero attached hydrogens (tertiary/aromatic N) is 1. The zero-order chi connectivity index (χ0) is 13.4. The Balaban J connectivity index is 2.71. The maximum absolute atomic E-state index is 5.36. The van der Waals surface area contributed by atoms with E-state index in [2.05, 4.69) is 23.5 Å². The van der Waals surface area contributed by atoms with Crippen molar-refractivity contribution in [2.75, 3.05) is 26.2 Å². The predicted octanol–water partition coefficient (Wildman–Crippen LogP) is 2.33. The lowest BCUT2D eigenvalue weighted by Crippen LogP contribution is -2.30. The van der Waals surface area contributed by atoms with Gasteiger partial charge in [-0.15, -0.1) is 0 Å². The molecular weight excluding hydrogens is 248 g/mol. The number of methoxy groups -OCH3 is 2. The topological polar surface area (TPSA) is 43.4 Å². The van der Waals surface area contributed by atoms with Crippen molar-refractivity contribution in [2.24, 2.45) is 0 Å². The Hall–Kier alpha value is -0.940. The van der Waals surface area contributed by atoms with Gasteiger partial charge in [-0.3, -0.25) is 4.98 Å². The molecule has 1 aromatic rings. The van der Waals surface area contributed by atoms with E-state index >= 15 is 0 Å². The highest BCUT2D eigenvalue weighted by Gasteiger charge is 2.12. The summed E-state index contributed by atoms with van der Waals surface area (Å²) in [5.74, 6) is 2.54. The molecule has 1 N–H and O–H groups in total. The summed E-state index contributed by atoms with van der Waals surface area (Å²) < 4.78 is 10.6. The minimum absolute atomic E-state index is 0.498. The van der Waals surface area contributed by atoms with Gasteiger partial charge in [0.05, 0.1) is 19.9 Å². The van der Waals surface area contributed by atoms with E-state index in [1.54, 1.807) is 20.4 Å². The second kappa shape index (κ2) is 8.21. The number of nitrogens with one attached hydrogen (secondary N) is 1. The van der Waals surface area contributed by atoms with Crippen LogP contribution in [-0.4, -0.2) is 37.3 Å². The predicted molar refractivity (Wildman–Crippen MR) is 76.6 cm³/mol. The molecule has 0 saturated carbocycles. The van der Waals surface area contributed by atoms with Gasteiger partial charge in [-0.1, -0.05) is 6.92 Å². The number of rotatable bonds is 8. The average Bonchev–Trinajstić information content (AvgIpc) is 2.42. The molecule has 4 nitrogen and oxygen atoms in total. The molecule has 0 aliphatic heterocycles. The molecule has 0 bridgehead atoms. The Bertz CT molecular complexity index is 361. The monoisotopic (exact) mass is 270 g/mol. The fourth-order valence-corrected chi connectivity index (χ4v) is 2.50. The molecule has 0 amide bonds. The van der Waals surface area contributed by atoms with Crippen molar-refractivity contribution in [3.63, 3.8) is 0 Å². The maximum Gasteiger partial charge on any atom is 0.183 e. The van der Waals surface area contributed by atoms with Gasteiger partial charge in [0.15, 0.2) is 11.5 Å². The number of pyridine rings is 1. The van der Waals surface area contributed by atoms with Crippen LogP contribution in [0.5, 0.6) is 11.5 Å². The van der Waals surface area contributed by atoms with E-state index in [1.165, 1.54) is 0 Å². The van der Waals surface area contributed by atoms with Crippen molar-refractivity contribution in [3.05, 3.63) is 18.0 Å². The number of hydrogen-bond donors (Lipinski definition) is 1. The Morgan fingerprint density at radius 1 is 1.39 bits per heavy atom. The van der Waals surface area contributed by atoms with Crippen LogP contribution in [0, 0.1) is 0 Å². The SMILES string of the molecule is CCC(CSC)NCc1nccc(OC)c1OC. The fourth-order valence-electron chi connectivity index (χ4n) is 1.74. The fraction of sp³-hybridized carbons (Fsp3) is 0.615. The first-order chi connectivity index (χ1) is 8.76. The second-order valence-corrected chi connectivity index (χ2v) is 4.85. The summed E-state index contributed by atoms with van der Waals surface area (Å²) in [5, 5.41) is 3.49. The molecule has 1 rings (SSSR count). The zero-order valence-corrected chi connectivity index (χ0v) is 12.3. The molecule has 0 aliphatic carbocycles. The van der Waals surface area contributed by atoms with Gasteiger partial charge in [-0.25, -0.2) is 0 Å². The second-order valence-electron chi connectivity index (χ2n) is 3.93. The Kier molecular flexibility index (Phi) is 6.90. The number of hydrogen-bond acceptors (Lipinski definition) is 5. The van der Waals surface area contributed by atoms with E-state index in [-0.39, 0.29) is 0 Å². The van der Waals surface area contributed by atoms with Gasteiger partial charge in [-0.2, -0.15) is 11.8 Å². The van der Waals surface area contributed by atoms with Crippen molar-refractivity contribution < 1.29 is 9.47 Å². The van der Waals surface area contributed by atoms with Gasteiger partial charge in [0.25, 0.3) is 0 Å². The molecular formula is C13H22N2O2S. The lowest BCUT2D eigenvalue weighted by atomic mass is 10.2. The van der Waals surface area contributed by atoms with Crippen LogP contribution in [0.1, 0.15) is 19.0 Å². The van der Waals surface area contributed by atoms with Crippen LogP contribution in [0.2, 0.25) is 0 Å². The van der Waals surface area contributed by atoms with Crippen molar-refractivity contribution in [1.82, 2.24) is 10.3 Å². The molecule has 0 fully saturated rings. The van der Waals surface area contributed by atoms with Gasteiger partial charge in [0.1, 0.15) is 0 Å². The molecule has 102 valence electrons. The molecule has 1 atom stereocenters. The molecule has 0 aromatic carbocycles. The number of aromatic nitrogens is 1. The van der Waals surface area contributed by atoms with Gasteiger partial charge in [0.2, 0.25) is 0 Å². The normalized spacial score (nSPS) is 12.2. The quantitative estimate of drug-likeness (QED) is 0.785. The van der Waals surface area contributed by atoms with Gasteiger partial charge >= 0.3 is 0 Å². The summed E-state index contributed by atoms with van der Waals surface area (Å²) in [6, 6.07) is 2.30. The van der Waals surface area contributed by atoms with Crippen LogP contribution in [0.15, 0.2) is 12.3 Å². The lowest BCUT2D eigenvalue weighted by molar-refractivity contribution is 0.347. The van der Waals surface area contributed by atoms with Crippen molar-refractivity contribution >= 4 is 11.8 Å². The maximum atomic E-state index is 5.36. The molecule has 1 aromatic heterocycles. The third-order valence-corrected chi connectivity index (χ3v) is 3.52. The first kappa shape index (κ1) is 15.1. The molecule has 0 aliphatic rings. The summed E-state index contributed by atoms with van der Waals surface area (Å²) in [6.07, 6.45) is 4.97. The van der Waals surface area contributed by atoms with Crippen LogP contribution in [0.3, 0.4) is 0 Å². The van der Waals surface area contributed by atoms with E-state index in [0.29, 0.717) is 18.3 Å². The largest absolute Gasteiger partial charge is 0.493 e. The van der Waals surface area contributed by atoms with E-state index < -0.39 is 0 Å². The van der Waals surface area contributed by atoms with E-state index in [9.17, 15) is 0 Å². The summed E-state index contributed by atoms with van der Waals surface area (Å²) in [5.41, 5.74) is 0.886. The highest BCUT2D eigenvalue weighted by molar-refractivity contribution is 7.98. The zero-order valence-electron chi connectivity index (χ0n) is 11.5. The first-order valence-electron chi connectivity index (χ1n) is 6.04. The smallest absolute Gasteiger partial charge is 0.183 e. The minimum Gasteiger partial charge on any atom is -0.493 e. The molecule has 5 heteroatoms. The van der Waals surface area contributed by atoms with Crippen LogP contribution in [0.4, 0.5) is 0 Å².